The Kier molecular flexibility index (Phi) is 4.40. The van der Waals surface area contributed by atoms with E-state index in [-0.39, 0.29) is 41.9 Å². The molecular formula is C19H21F3N4O2. The zero-order valence-corrected chi connectivity index (χ0v) is 15.4. The van der Waals surface area contributed by atoms with Crippen LogP contribution in [0.3, 0.4) is 0 Å². The number of fused-ring (bicyclic) bond motifs is 2. The number of nitriles is 1. The van der Waals surface area contributed by atoms with E-state index in [1.807, 2.05) is 11.8 Å². The maximum Gasteiger partial charge on any atom is 0.417 e. The largest absolute Gasteiger partial charge is 0.481 e. The number of pyridine rings is 1. The smallest absolute Gasteiger partial charge is 0.417 e. The van der Waals surface area contributed by atoms with E-state index in [0.29, 0.717) is 19.6 Å². The summed E-state index contributed by atoms with van der Waals surface area (Å²) in [4.78, 5) is 19.0. The van der Waals surface area contributed by atoms with Crippen LogP contribution in [-0.4, -0.2) is 41.7 Å². The summed E-state index contributed by atoms with van der Waals surface area (Å²) in [5, 5.41) is 18.4. The summed E-state index contributed by atoms with van der Waals surface area (Å²) < 4.78 is 41.0. The number of halogens is 3. The van der Waals surface area contributed by atoms with Gasteiger partial charge in [-0.3, -0.25) is 4.79 Å². The van der Waals surface area contributed by atoms with Crippen molar-refractivity contribution in [1.82, 2.24) is 4.98 Å². The van der Waals surface area contributed by atoms with Crippen LogP contribution >= 0.6 is 0 Å². The summed E-state index contributed by atoms with van der Waals surface area (Å²) in [7, 11) is 0. The molecule has 4 aliphatic rings. The number of aliphatic carboxylic acids is 1. The molecule has 0 spiro atoms. The van der Waals surface area contributed by atoms with E-state index >= 15 is 0 Å². The number of rotatable bonds is 4. The summed E-state index contributed by atoms with van der Waals surface area (Å²) in [5.74, 6) is -0.0977. The zero-order valence-electron chi connectivity index (χ0n) is 15.4. The van der Waals surface area contributed by atoms with Gasteiger partial charge in [0.2, 0.25) is 0 Å². The van der Waals surface area contributed by atoms with Gasteiger partial charge in [0, 0.05) is 32.1 Å². The van der Waals surface area contributed by atoms with Crippen molar-refractivity contribution in [2.75, 3.05) is 29.4 Å². The maximum atomic E-state index is 13.7. The molecule has 0 amide bonds. The number of anilines is 2. The lowest BCUT2D eigenvalue weighted by atomic mass is 9.60. The molecule has 1 saturated carbocycles. The number of hydrogen-bond donors (Lipinski definition) is 1. The van der Waals surface area contributed by atoms with E-state index in [4.69, 9.17) is 5.11 Å². The highest BCUT2D eigenvalue weighted by atomic mass is 19.4. The number of carbonyl (C=O) groups is 1. The van der Waals surface area contributed by atoms with Gasteiger partial charge in [-0.05, 0) is 43.6 Å². The Bertz CT molecular complexity index is 839. The lowest BCUT2D eigenvalue weighted by molar-refractivity contribution is -0.141. The average molecular weight is 394 g/mol. The Hall–Kier alpha value is -2.50. The van der Waals surface area contributed by atoms with E-state index in [1.54, 1.807) is 11.0 Å². The van der Waals surface area contributed by atoms with Crippen molar-refractivity contribution in [3.05, 3.63) is 17.2 Å². The number of carboxylic acids is 1. The van der Waals surface area contributed by atoms with Gasteiger partial charge in [-0.1, -0.05) is 0 Å². The fourth-order valence-corrected chi connectivity index (χ4v) is 4.76. The van der Waals surface area contributed by atoms with Crippen molar-refractivity contribution in [1.29, 1.82) is 5.26 Å². The first-order valence-corrected chi connectivity index (χ1v) is 9.44. The van der Waals surface area contributed by atoms with Gasteiger partial charge in [0.15, 0.2) is 0 Å². The van der Waals surface area contributed by atoms with E-state index in [9.17, 15) is 23.2 Å². The topological polar surface area (TPSA) is 80.5 Å². The number of nitrogens with zero attached hydrogens (tertiary/aromatic N) is 4. The third-order valence-electron chi connectivity index (χ3n) is 6.46. The summed E-state index contributed by atoms with van der Waals surface area (Å²) in [6.07, 6.45) is -2.78. The van der Waals surface area contributed by atoms with Gasteiger partial charge in [0.1, 0.15) is 23.3 Å². The van der Waals surface area contributed by atoms with Crippen molar-refractivity contribution in [2.45, 2.75) is 38.4 Å². The fourth-order valence-electron chi connectivity index (χ4n) is 4.76. The third-order valence-corrected chi connectivity index (χ3v) is 6.46. The Balaban J connectivity index is 1.68. The average Bonchev–Trinajstić information content (AvgIpc) is 2.63. The number of hydrogen-bond acceptors (Lipinski definition) is 5. The SMILES string of the molecule is CC1CCN1c1nc(N2CC3CC(C2)C3CC(=O)O)cc(C(F)(F)F)c1C#N. The van der Waals surface area contributed by atoms with Gasteiger partial charge in [-0.15, -0.1) is 0 Å². The van der Waals surface area contributed by atoms with Crippen LogP contribution < -0.4 is 9.80 Å². The van der Waals surface area contributed by atoms with E-state index in [0.717, 1.165) is 18.9 Å². The molecule has 3 atom stereocenters. The van der Waals surface area contributed by atoms with Crippen LogP contribution in [-0.2, 0) is 11.0 Å². The van der Waals surface area contributed by atoms with Crippen LogP contribution in [0, 0.1) is 29.1 Å². The van der Waals surface area contributed by atoms with Crippen LogP contribution in [0.15, 0.2) is 6.07 Å². The number of piperidine rings is 2. The van der Waals surface area contributed by atoms with Crippen LogP contribution in [0.1, 0.15) is 37.3 Å². The van der Waals surface area contributed by atoms with Gasteiger partial charge in [-0.2, -0.15) is 18.4 Å². The molecule has 1 N–H and O–H groups in total. The van der Waals surface area contributed by atoms with E-state index in [1.165, 1.54) is 0 Å². The first kappa shape index (κ1) is 18.8. The van der Waals surface area contributed by atoms with Crippen molar-refractivity contribution in [3.63, 3.8) is 0 Å². The molecule has 3 unspecified atom stereocenters. The minimum Gasteiger partial charge on any atom is -0.481 e. The minimum atomic E-state index is -4.64. The molecule has 0 aromatic carbocycles. The molecule has 1 aromatic heterocycles. The lowest BCUT2D eigenvalue weighted by Gasteiger charge is -2.54. The normalized spacial score (nSPS) is 29.0. The van der Waals surface area contributed by atoms with E-state index < -0.39 is 23.3 Å². The molecule has 3 saturated heterocycles. The second-order valence-electron chi connectivity index (χ2n) is 8.09. The Labute approximate surface area is 160 Å². The molecule has 28 heavy (non-hydrogen) atoms. The van der Waals surface area contributed by atoms with Gasteiger partial charge < -0.3 is 14.9 Å². The zero-order chi connectivity index (χ0) is 20.2. The molecule has 150 valence electrons. The number of aromatic nitrogens is 1. The number of carboxylic acid groups (broad SMARTS) is 1. The van der Waals surface area contributed by atoms with Gasteiger partial charge >= 0.3 is 12.1 Å². The molecule has 3 aliphatic heterocycles. The molecule has 1 aliphatic carbocycles. The second-order valence-corrected chi connectivity index (χ2v) is 8.09. The number of alkyl halides is 3. The summed E-state index contributed by atoms with van der Waals surface area (Å²) in [6.45, 7) is 3.48. The summed E-state index contributed by atoms with van der Waals surface area (Å²) >= 11 is 0. The minimum absolute atomic E-state index is 0.0469. The molecule has 4 heterocycles. The Morgan fingerprint density at radius 2 is 2.07 bits per heavy atom. The molecule has 9 heteroatoms. The van der Waals surface area contributed by atoms with Crippen LogP contribution in [0.25, 0.3) is 0 Å². The highest BCUT2D eigenvalue weighted by Gasteiger charge is 2.48. The van der Waals surface area contributed by atoms with Gasteiger partial charge in [0.25, 0.3) is 0 Å². The van der Waals surface area contributed by atoms with E-state index in [2.05, 4.69) is 4.98 Å². The van der Waals surface area contributed by atoms with Crippen LogP contribution in [0.5, 0.6) is 0 Å². The quantitative estimate of drug-likeness (QED) is 0.845. The Morgan fingerprint density at radius 1 is 1.39 bits per heavy atom. The lowest BCUT2D eigenvalue weighted by Crippen LogP contribution is -2.56. The third kappa shape index (κ3) is 3.05. The first-order chi connectivity index (χ1) is 13.2. The van der Waals surface area contributed by atoms with Gasteiger partial charge in [-0.25, -0.2) is 4.98 Å². The molecule has 4 fully saturated rings. The van der Waals surface area contributed by atoms with Crippen molar-refractivity contribution in [2.24, 2.45) is 17.8 Å². The summed E-state index contributed by atoms with van der Waals surface area (Å²) in [5.41, 5.74) is -1.37. The van der Waals surface area contributed by atoms with Gasteiger partial charge in [0.05, 0.1) is 5.56 Å². The first-order valence-electron chi connectivity index (χ1n) is 9.44. The molecule has 0 radical (unpaired) electrons. The van der Waals surface area contributed by atoms with Crippen molar-refractivity contribution < 1.29 is 23.1 Å². The second kappa shape index (κ2) is 6.54. The molecule has 2 bridgehead atoms. The highest BCUT2D eigenvalue weighted by Crippen LogP contribution is 2.49. The standard InChI is InChI=1S/C19H21F3N4O2/c1-10-2-3-26(10)18-14(7-23)15(19(20,21)22)6-16(24-18)25-8-11-4-12(9-25)13(11)5-17(27)28/h6,10-13H,2-5,8-9H2,1H3,(H,27,28). The molecule has 5 rings (SSSR count). The molecular weight excluding hydrogens is 373 g/mol. The summed E-state index contributed by atoms with van der Waals surface area (Å²) in [6, 6.07) is 2.73. The monoisotopic (exact) mass is 394 g/mol. The van der Waals surface area contributed by atoms with Crippen molar-refractivity contribution in [3.8, 4) is 6.07 Å². The Morgan fingerprint density at radius 3 is 2.54 bits per heavy atom. The fraction of sp³-hybridized carbons (Fsp3) is 0.632. The van der Waals surface area contributed by atoms with Crippen molar-refractivity contribution >= 4 is 17.6 Å². The highest BCUT2D eigenvalue weighted by molar-refractivity contribution is 5.68. The maximum absolute atomic E-state index is 13.7. The predicted octanol–water partition coefficient (Wildman–Crippen LogP) is 3.12. The molecule has 1 aromatic rings. The van der Waals surface area contributed by atoms with Crippen LogP contribution in [0.4, 0.5) is 24.8 Å². The predicted molar refractivity (Wildman–Crippen MR) is 94.9 cm³/mol. The van der Waals surface area contributed by atoms with Crippen LogP contribution in [0.2, 0.25) is 0 Å². The molecule has 6 nitrogen and oxygen atoms in total.